The molecule has 0 saturated heterocycles. The van der Waals surface area contributed by atoms with Gasteiger partial charge in [0.2, 0.25) is 0 Å². The van der Waals surface area contributed by atoms with Crippen molar-refractivity contribution in [2.75, 3.05) is 0 Å². The molecule has 0 aromatic heterocycles. The predicted molar refractivity (Wildman–Crippen MR) is 54.7 cm³/mol. The molecule has 0 nitrogen and oxygen atoms in total. The topological polar surface area (TPSA) is 0 Å². The molecule has 0 aromatic carbocycles. The molecule has 11 heavy (non-hydrogen) atoms. The van der Waals surface area contributed by atoms with E-state index < -0.39 is 0 Å². The van der Waals surface area contributed by atoms with Gasteiger partial charge in [-0.2, -0.15) is 0 Å². The lowest BCUT2D eigenvalue weighted by Gasteiger charge is -1.92. The van der Waals surface area contributed by atoms with E-state index in [-0.39, 0.29) is 0 Å². The molecular formula is C11H20. The van der Waals surface area contributed by atoms with Gasteiger partial charge in [-0.1, -0.05) is 57.2 Å². The van der Waals surface area contributed by atoms with Crippen LogP contribution in [0.15, 0.2) is 36.5 Å². The first kappa shape index (κ1) is 12.9. The average molecular weight is 152 g/mol. The highest BCUT2D eigenvalue weighted by Crippen LogP contribution is 2.03. The van der Waals surface area contributed by atoms with Crippen molar-refractivity contribution < 1.29 is 0 Å². The summed E-state index contributed by atoms with van der Waals surface area (Å²) >= 11 is 0. The molecule has 0 heterocycles. The van der Waals surface area contributed by atoms with Gasteiger partial charge in [0.05, 0.1) is 0 Å². The molecule has 0 spiro atoms. The van der Waals surface area contributed by atoms with Crippen LogP contribution in [-0.4, -0.2) is 0 Å². The Morgan fingerprint density at radius 1 is 1.36 bits per heavy atom. The lowest BCUT2D eigenvalue weighted by atomic mass is 10.1. The number of rotatable bonds is 3. The molecule has 0 heteroatoms. The van der Waals surface area contributed by atoms with Gasteiger partial charge in [0.25, 0.3) is 0 Å². The van der Waals surface area contributed by atoms with Gasteiger partial charge >= 0.3 is 0 Å². The van der Waals surface area contributed by atoms with Crippen LogP contribution in [0.3, 0.4) is 0 Å². The van der Waals surface area contributed by atoms with E-state index in [4.69, 9.17) is 0 Å². The molecule has 0 fully saturated rings. The minimum Gasteiger partial charge on any atom is -0.0988 e. The molecule has 0 amide bonds. The maximum atomic E-state index is 3.84. The highest BCUT2D eigenvalue weighted by atomic mass is 13.9. The van der Waals surface area contributed by atoms with Crippen molar-refractivity contribution in [3.63, 3.8) is 0 Å². The van der Waals surface area contributed by atoms with Crippen LogP contribution in [0.2, 0.25) is 0 Å². The zero-order chi connectivity index (χ0) is 9.28. The zero-order valence-electron chi connectivity index (χ0n) is 8.28. The van der Waals surface area contributed by atoms with Crippen LogP contribution in [-0.2, 0) is 0 Å². The van der Waals surface area contributed by atoms with Crippen LogP contribution in [0.5, 0.6) is 0 Å². The van der Waals surface area contributed by atoms with E-state index in [0.29, 0.717) is 0 Å². The van der Waals surface area contributed by atoms with E-state index in [1.807, 2.05) is 32.9 Å². The molecule has 0 saturated carbocycles. The van der Waals surface area contributed by atoms with Crippen molar-refractivity contribution in [1.82, 2.24) is 0 Å². The zero-order valence-corrected chi connectivity index (χ0v) is 8.28. The molecular weight excluding hydrogens is 132 g/mol. The number of allylic oxidation sites excluding steroid dienone is 4. The summed E-state index contributed by atoms with van der Waals surface area (Å²) in [4.78, 5) is 0. The van der Waals surface area contributed by atoms with Crippen molar-refractivity contribution >= 4 is 0 Å². The largest absolute Gasteiger partial charge is 0.0988 e. The summed E-state index contributed by atoms with van der Waals surface area (Å²) in [7, 11) is 0. The molecule has 0 atom stereocenters. The fourth-order valence-electron chi connectivity index (χ4n) is 0.483. The molecule has 0 aromatic rings. The van der Waals surface area contributed by atoms with Crippen molar-refractivity contribution in [3.8, 4) is 0 Å². The van der Waals surface area contributed by atoms with Crippen LogP contribution in [0.4, 0.5) is 0 Å². The van der Waals surface area contributed by atoms with Crippen LogP contribution < -0.4 is 0 Å². The second kappa shape index (κ2) is 9.22. The molecule has 0 rings (SSSR count). The van der Waals surface area contributed by atoms with Gasteiger partial charge < -0.3 is 0 Å². The van der Waals surface area contributed by atoms with Crippen molar-refractivity contribution in [3.05, 3.63) is 36.5 Å². The van der Waals surface area contributed by atoms with Gasteiger partial charge in [0.15, 0.2) is 0 Å². The summed E-state index contributed by atoms with van der Waals surface area (Å²) in [6.45, 7) is 15.6. The van der Waals surface area contributed by atoms with Gasteiger partial charge in [-0.05, 0) is 13.3 Å². The van der Waals surface area contributed by atoms with Crippen LogP contribution in [0.25, 0.3) is 0 Å². The Hall–Kier alpha value is -0.780. The molecule has 0 aliphatic carbocycles. The smallest absolute Gasteiger partial charge is 0.0313 e. The van der Waals surface area contributed by atoms with Crippen molar-refractivity contribution in [2.45, 2.75) is 34.1 Å². The number of hydrogen-bond donors (Lipinski definition) is 0. The molecule has 0 N–H and O–H groups in total. The highest BCUT2D eigenvalue weighted by molar-refractivity contribution is 5.25. The Morgan fingerprint density at radius 3 is 2.09 bits per heavy atom. The average Bonchev–Trinajstić information content (AvgIpc) is 2.07. The monoisotopic (exact) mass is 152 g/mol. The van der Waals surface area contributed by atoms with Gasteiger partial charge in [0.1, 0.15) is 0 Å². The molecule has 0 aliphatic rings. The summed E-state index contributed by atoms with van der Waals surface area (Å²) in [6, 6.07) is 0. The lowest BCUT2D eigenvalue weighted by molar-refractivity contribution is 1.15. The summed E-state index contributed by atoms with van der Waals surface area (Å²) in [5.74, 6) is 0. The standard InChI is InChI=1S/C9H14.C2H6/c1-5-8(3)7-9(4)6-2;1-2/h5,7H,1,4,6H2,2-3H3;1-2H3/b8-7-;. The third-order valence-corrected chi connectivity index (χ3v) is 1.21. The van der Waals surface area contributed by atoms with Crippen LogP contribution >= 0.6 is 0 Å². The summed E-state index contributed by atoms with van der Waals surface area (Å²) in [5.41, 5.74) is 2.34. The minimum atomic E-state index is 1.02. The maximum absolute atomic E-state index is 3.84. The summed E-state index contributed by atoms with van der Waals surface area (Å²) in [6.07, 6.45) is 4.90. The van der Waals surface area contributed by atoms with E-state index in [9.17, 15) is 0 Å². The molecule has 0 unspecified atom stereocenters. The number of hydrogen-bond acceptors (Lipinski definition) is 0. The molecule has 64 valence electrons. The van der Waals surface area contributed by atoms with E-state index in [1.54, 1.807) is 0 Å². The second-order valence-corrected chi connectivity index (χ2v) is 2.10. The maximum Gasteiger partial charge on any atom is -0.0313 e. The lowest BCUT2D eigenvalue weighted by Crippen LogP contribution is -1.72. The quantitative estimate of drug-likeness (QED) is 0.534. The van der Waals surface area contributed by atoms with Crippen molar-refractivity contribution in [1.29, 1.82) is 0 Å². The van der Waals surface area contributed by atoms with E-state index in [1.165, 1.54) is 5.57 Å². The Kier molecular flexibility index (Phi) is 10.8. The first-order valence-electron chi connectivity index (χ1n) is 4.19. The Morgan fingerprint density at radius 2 is 1.82 bits per heavy atom. The van der Waals surface area contributed by atoms with Crippen LogP contribution in [0, 0.1) is 0 Å². The summed E-state index contributed by atoms with van der Waals surface area (Å²) < 4.78 is 0. The van der Waals surface area contributed by atoms with Gasteiger partial charge in [-0.15, -0.1) is 0 Å². The SMILES string of the molecule is C=C/C(C)=C\C(=C)CC.CC. The first-order chi connectivity index (χ1) is 5.20. The third-order valence-electron chi connectivity index (χ3n) is 1.21. The second-order valence-electron chi connectivity index (χ2n) is 2.10. The first-order valence-corrected chi connectivity index (χ1v) is 4.19. The fourth-order valence-corrected chi connectivity index (χ4v) is 0.483. The Balaban J connectivity index is 0. The van der Waals surface area contributed by atoms with Gasteiger partial charge in [0, 0.05) is 0 Å². The molecule has 0 bridgehead atoms. The normalized spacial score (nSPS) is 9.64. The van der Waals surface area contributed by atoms with Crippen molar-refractivity contribution in [2.24, 2.45) is 0 Å². The third kappa shape index (κ3) is 9.22. The van der Waals surface area contributed by atoms with E-state index >= 15 is 0 Å². The van der Waals surface area contributed by atoms with E-state index in [0.717, 1.165) is 12.0 Å². The van der Waals surface area contributed by atoms with Gasteiger partial charge in [-0.25, -0.2) is 0 Å². The molecule has 0 aliphatic heterocycles. The Bertz CT molecular complexity index is 138. The van der Waals surface area contributed by atoms with Crippen LogP contribution in [0.1, 0.15) is 34.1 Å². The van der Waals surface area contributed by atoms with E-state index in [2.05, 4.69) is 20.1 Å². The van der Waals surface area contributed by atoms with Gasteiger partial charge in [-0.3, -0.25) is 0 Å². The minimum absolute atomic E-state index is 1.02. The fraction of sp³-hybridized carbons (Fsp3) is 0.455. The summed E-state index contributed by atoms with van der Waals surface area (Å²) in [5, 5.41) is 0. The predicted octanol–water partition coefficient (Wildman–Crippen LogP) is 4.11. The molecule has 0 radical (unpaired) electrons. The highest BCUT2D eigenvalue weighted by Gasteiger charge is 1.82. The Labute approximate surface area is 71.3 Å².